The molecule has 0 radical (unpaired) electrons. The molecule has 1 aliphatic carbocycles. The van der Waals surface area contributed by atoms with Gasteiger partial charge in [-0.2, -0.15) is 10.2 Å². The molecule has 6 rings (SSSR count). The number of aliphatic hydroxyl groups excluding tert-OH is 1. The summed E-state index contributed by atoms with van der Waals surface area (Å²) < 4.78 is 1.72. The molecule has 1 amide bonds. The van der Waals surface area contributed by atoms with E-state index in [1.165, 1.54) is 0 Å². The molecule has 0 aliphatic heterocycles. The highest BCUT2D eigenvalue weighted by Crippen LogP contribution is 2.40. The van der Waals surface area contributed by atoms with E-state index in [0.717, 1.165) is 47.3 Å². The van der Waals surface area contributed by atoms with E-state index in [4.69, 9.17) is 15.8 Å². The van der Waals surface area contributed by atoms with Crippen LogP contribution in [0.25, 0.3) is 39.4 Å². The van der Waals surface area contributed by atoms with Gasteiger partial charge in [-0.1, -0.05) is 54.6 Å². The Morgan fingerprint density at radius 1 is 1.08 bits per heavy atom. The summed E-state index contributed by atoms with van der Waals surface area (Å²) in [7, 11) is 0. The van der Waals surface area contributed by atoms with Crippen molar-refractivity contribution >= 4 is 11.6 Å². The Bertz CT molecular complexity index is 1550. The summed E-state index contributed by atoms with van der Waals surface area (Å²) >= 11 is 0. The predicted molar refractivity (Wildman–Crippen MR) is 141 cm³/mol. The number of nitrogens with two attached hydrogens (primary N) is 1. The van der Waals surface area contributed by atoms with Crippen molar-refractivity contribution < 1.29 is 9.90 Å². The number of fused-ring (bicyclic) bond motifs is 1. The van der Waals surface area contributed by atoms with Crippen LogP contribution in [0.4, 0.5) is 0 Å². The van der Waals surface area contributed by atoms with Gasteiger partial charge in [0.15, 0.2) is 5.65 Å². The maximum Gasteiger partial charge on any atom is 0.271 e. The lowest BCUT2D eigenvalue weighted by atomic mass is 9.72. The van der Waals surface area contributed by atoms with E-state index in [0.29, 0.717) is 16.9 Å². The van der Waals surface area contributed by atoms with E-state index in [1.54, 1.807) is 16.8 Å². The van der Waals surface area contributed by atoms with Crippen LogP contribution < -0.4 is 11.1 Å². The highest BCUT2D eigenvalue weighted by molar-refractivity contribution is 5.95. The highest BCUT2D eigenvalue weighted by Gasteiger charge is 2.34. The third-order valence-corrected chi connectivity index (χ3v) is 7.02. The van der Waals surface area contributed by atoms with Crippen LogP contribution in [-0.2, 0) is 5.54 Å². The van der Waals surface area contributed by atoms with Crippen LogP contribution in [0.1, 0.15) is 35.3 Å². The monoisotopic (exact) mass is 493 g/mol. The van der Waals surface area contributed by atoms with Gasteiger partial charge in [0.1, 0.15) is 11.4 Å². The molecule has 1 fully saturated rings. The molecule has 1 aliphatic rings. The first kappa shape index (κ1) is 23.1. The van der Waals surface area contributed by atoms with Gasteiger partial charge < -0.3 is 16.2 Å². The SMILES string of the molecule is NC1(c2ccc(-c3nc4c(-c5cc[nH]n5)cc(C(=O)NCCO)nn4c3-c3ccccc3)cc2)CCC1. The molecule has 0 atom stereocenters. The van der Waals surface area contributed by atoms with Crippen molar-refractivity contribution in [2.75, 3.05) is 13.2 Å². The average Bonchev–Trinajstić information content (AvgIpc) is 3.59. The Morgan fingerprint density at radius 2 is 1.86 bits per heavy atom. The van der Waals surface area contributed by atoms with Crippen molar-refractivity contribution in [1.29, 1.82) is 0 Å². The first-order valence-electron chi connectivity index (χ1n) is 12.4. The Morgan fingerprint density at radius 3 is 2.51 bits per heavy atom. The minimum absolute atomic E-state index is 0.131. The van der Waals surface area contributed by atoms with Crippen molar-refractivity contribution in [1.82, 2.24) is 30.1 Å². The number of nitrogens with zero attached hydrogens (tertiary/aromatic N) is 4. The number of aliphatic hydroxyl groups is 1. The van der Waals surface area contributed by atoms with Gasteiger partial charge in [-0.15, -0.1) is 0 Å². The third kappa shape index (κ3) is 4.08. The number of nitrogens with one attached hydrogen (secondary N) is 2. The van der Waals surface area contributed by atoms with Crippen LogP contribution in [0.5, 0.6) is 0 Å². The minimum Gasteiger partial charge on any atom is -0.395 e. The first-order valence-corrected chi connectivity index (χ1v) is 12.4. The molecule has 0 bridgehead atoms. The minimum atomic E-state index is -0.389. The predicted octanol–water partition coefficient (Wildman–Crippen LogP) is 3.51. The smallest absolute Gasteiger partial charge is 0.271 e. The van der Waals surface area contributed by atoms with Crippen molar-refractivity contribution in [2.45, 2.75) is 24.8 Å². The van der Waals surface area contributed by atoms with E-state index in [1.807, 2.05) is 36.4 Å². The fourth-order valence-corrected chi connectivity index (χ4v) is 4.85. The average molecular weight is 494 g/mol. The summed E-state index contributed by atoms with van der Waals surface area (Å²) in [6, 6.07) is 21.7. The maximum atomic E-state index is 12.9. The lowest BCUT2D eigenvalue weighted by Gasteiger charge is -2.38. The topological polar surface area (TPSA) is 134 Å². The number of H-pyrrole nitrogens is 1. The van der Waals surface area contributed by atoms with Crippen LogP contribution in [0.15, 0.2) is 72.9 Å². The molecular formula is C28H27N7O2. The zero-order valence-electron chi connectivity index (χ0n) is 20.2. The molecule has 2 aromatic carbocycles. The summed E-state index contributed by atoms with van der Waals surface area (Å²) in [5, 5.41) is 23.8. The number of carbonyl (C=O) groups excluding carboxylic acids is 1. The van der Waals surface area contributed by atoms with Gasteiger partial charge >= 0.3 is 0 Å². The number of rotatable bonds is 7. The van der Waals surface area contributed by atoms with Gasteiger partial charge in [0.2, 0.25) is 0 Å². The van der Waals surface area contributed by atoms with Gasteiger partial charge in [-0.25, -0.2) is 9.50 Å². The fourth-order valence-electron chi connectivity index (χ4n) is 4.85. The number of hydrogen-bond acceptors (Lipinski definition) is 6. The Labute approximate surface area is 213 Å². The van der Waals surface area contributed by atoms with E-state index < -0.39 is 0 Å². The molecule has 3 heterocycles. The maximum absolute atomic E-state index is 12.9. The second-order valence-electron chi connectivity index (χ2n) is 9.38. The number of aromatic nitrogens is 5. The zero-order valence-corrected chi connectivity index (χ0v) is 20.2. The van der Waals surface area contributed by atoms with Gasteiger partial charge in [0, 0.05) is 35.0 Å². The number of amides is 1. The van der Waals surface area contributed by atoms with Crippen LogP contribution in [0.2, 0.25) is 0 Å². The van der Waals surface area contributed by atoms with Crippen molar-refractivity contribution in [3.8, 4) is 33.8 Å². The van der Waals surface area contributed by atoms with Crippen molar-refractivity contribution in [3.63, 3.8) is 0 Å². The quantitative estimate of drug-likeness (QED) is 0.274. The number of carbonyl (C=O) groups is 1. The fraction of sp³-hybridized carbons (Fsp3) is 0.214. The van der Waals surface area contributed by atoms with Gasteiger partial charge in [-0.05, 0) is 37.0 Å². The van der Waals surface area contributed by atoms with Gasteiger partial charge in [-0.3, -0.25) is 9.89 Å². The Balaban J connectivity index is 1.58. The molecule has 5 N–H and O–H groups in total. The number of benzene rings is 2. The van der Waals surface area contributed by atoms with E-state index in [-0.39, 0.29) is 30.3 Å². The lowest BCUT2D eigenvalue weighted by molar-refractivity contribution is 0.0938. The van der Waals surface area contributed by atoms with Gasteiger partial charge in [0.05, 0.1) is 18.0 Å². The molecule has 1 saturated carbocycles. The molecule has 9 heteroatoms. The largest absolute Gasteiger partial charge is 0.395 e. The molecule has 0 unspecified atom stereocenters. The third-order valence-electron chi connectivity index (χ3n) is 7.02. The molecule has 3 aromatic heterocycles. The Hall–Kier alpha value is -4.34. The standard InChI is InChI=1S/C28H27N7O2/c29-28(12-4-13-28)20-9-7-18(8-10-20)24-25(19-5-2-1-3-6-19)35-26(32-24)21(22-11-14-31-33-22)17-23(34-35)27(37)30-15-16-36/h1-3,5-11,14,17,36H,4,12-13,15-16,29H2,(H,30,37)(H,31,33). The number of hydrogen-bond donors (Lipinski definition) is 4. The Kier molecular flexibility index (Phi) is 5.78. The van der Waals surface area contributed by atoms with Crippen LogP contribution in [0, 0.1) is 0 Å². The summed E-state index contributed by atoms with van der Waals surface area (Å²) in [4.78, 5) is 17.9. The zero-order chi connectivity index (χ0) is 25.4. The van der Waals surface area contributed by atoms with Crippen LogP contribution in [0.3, 0.4) is 0 Å². The van der Waals surface area contributed by atoms with Crippen molar-refractivity contribution in [3.05, 3.63) is 84.2 Å². The molecule has 186 valence electrons. The molecule has 37 heavy (non-hydrogen) atoms. The second kappa shape index (κ2) is 9.27. The summed E-state index contributed by atoms with van der Waals surface area (Å²) in [5.41, 5.74) is 12.9. The lowest BCUT2D eigenvalue weighted by Crippen LogP contribution is -2.43. The van der Waals surface area contributed by atoms with Crippen LogP contribution in [-0.4, -0.2) is 49.0 Å². The summed E-state index contributed by atoms with van der Waals surface area (Å²) in [6.45, 7) is -0.0310. The molecule has 5 aromatic rings. The van der Waals surface area contributed by atoms with Crippen LogP contribution >= 0.6 is 0 Å². The molecule has 9 nitrogen and oxygen atoms in total. The second-order valence-corrected chi connectivity index (χ2v) is 9.38. The molecule has 0 saturated heterocycles. The van der Waals surface area contributed by atoms with E-state index in [9.17, 15) is 9.90 Å². The normalized spacial score (nSPS) is 14.4. The first-order chi connectivity index (χ1) is 18.1. The summed E-state index contributed by atoms with van der Waals surface area (Å²) in [6.07, 6.45) is 4.86. The summed E-state index contributed by atoms with van der Waals surface area (Å²) in [5.74, 6) is -0.389. The molecular weight excluding hydrogens is 466 g/mol. The number of aromatic amines is 1. The van der Waals surface area contributed by atoms with Crippen molar-refractivity contribution in [2.24, 2.45) is 5.73 Å². The highest BCUT2D eigenvalue weighted by atomic mass is 16.3. The van der Waals surface area contributed by atoms with E-state index >= 15 is 0 Å². The molecule has 0 spiro atoms. The van der Waals surface area contributed by atoms with Gasteiger partial charge in [0.25, 0.3) is 5.91 Å². The van der Waals surface area contributed by atoms with E-state index in [2.05, 4.69) is 39.8 Å². The number of imidazole rings is 1.